The summed E-state index contributed by atoms with van der Waals surface area (Å²) in [7, 11) is 0. The molecule has 0 aromatic heterocycles. The van der Waals surface area contributed by atoms with Crippen LogP contribution in [0.1, 0.15) is 32.1 Å². The quantitative estimate of drug-likeness (QED) is 0.725. The molecular formula is C12H20N2O2. The Morgan fingerprint density at radius 3 is 2.44 bits per heavy atom. The van der Waals surface area contributed by atoms with E-state index in [0.29, 0.717) is 6.42 Å². The van der Waals surface area contributed by atoms with E-state index in [9.17, 15) is 5.11 Å². The van der Waals surface area contributed by atoms with Crippen LogP contribution < -0.4 is 5.32 Å². The third-order valence-electron chi connectivity index (χ3n) is 4.00. The van der Waals surface area contributed by atoms with E-state index in [1.807, 2.05) is 0 Å². The molecule has 1 saturated heterocycles. The van der Waals surface area contributed by atoms with Gasteiger partial charge >= 0.3 is 0 Å². The van der Waals surface area contributed by atoms with Crippen molar-refractivity contribution in [3.8, 4) is 6.07 Å². The Hall–Kier alpha value is -0.630. The van der Waals surface area contributed by atoms with Gasteiger partial charge in [0, 0.05) is 31.7 Å². The first-order valence-corrected chi connectivity index (χ1v) is 6.05. The van der Waals surface area contributed by atoms with E-state index in [2.05, 4.69) is 11.4 Å². The SMILES string of the molecule is N#CCC1(CNC2(CO)CCOCC2)CC1. The van der Waals surface area contributed by atoms with Crippen LogP contribution in [-0.2, 0) is 4.74 Å². The maximum absolute atomic E-state index is 9.51. The van der Waals surface area contributed by atoms with Crippen LogP contribution >= 0.6 is 0 Å². The minimum absolute atomic E-state index is 0.163. The van der Waals surface area contributed by atoms with Crippen LogP contribution in [0.25, 0.3) is 0 Å². The molecule has 2 aliphatic rings. The van der Waals surface area contributed by atoms with Gasteiger partial charge in [-0.15, -0.1) is 0 Å². The molecule has 16 heavy (non-hydrogen) atoms. The standard InChI is InChI=1S/C12H20N2O2/c13-6-3-11(1-2-11)9-14-12(10-15)4-7-16-8-5-12/h14-15H,1-5,7-10H2. The lowest BCUT2D eigenvalue weighted by Crippen LogP contribution is -2.53. The van der Waals surface area contributed by atoms with Gasteiger partial charge in [0.15, 0.2) is 0 Å². The van der Waals surface area contributed by atoms with E-state index < -0.39 is 0 Å². The molecule has 0 aromatic carbocycles. The molecule has 2 N–H and O–H groups in total. The molecule has 0 atom stereocenters. The summed E-state index contributed by atoms with van der Waals surface area (Å²) in [5.74, 6) is 0. The van der Waals surface area contributed by atoms with Crippen LogP contribution in [0.5, 0.6) is 0 Å². The smallest absolute Gasteiger partial charge is 0.0628 e. The van der Waals surface area contributed by atoms with Crippen LogP contribution in [0.3, 0.4) is 0 Å². The maximum Gasteiger partial charge on any atom is 0.0628 e. The van der Waals surface area contributed by atoms with Crippen molar-refractivity contribution < 1.29 is 9.84 Å². The van der Waals surface area contributed by atoms with Crippen molar-refractivity contribution in [3.63, 3.8) is 0 Å². The highest BCUT2D eigenvalue weighted by Crippen LogP contribution is 2.48. The summed E-state index contributed by atoms with van der Waals surface area (Å²) in [4.78, 5) is 0. The lowest BCUT2D eigenvalue weighted by atomic mass is 9.89. The highest BCUT2D eigenvalue weighted by Gasteiger charge is 2.44. The zero-order valence-electron chi connectivity index (χ0n) is 9.67. The van der Waals surface area contributed by atoms with Crippen molar-refractivity contribution >= 4 is 0 Å². The minimum Gasteiger partial charge on any atom is -0.394 e. The fourth-order valence-electron chi connectivity index (χ4n) is 2.29. The molecule has 1 saturated carbocycles. The molecule has 0 spiro atoms. The fourth-order valence-corrected chi connectivity index (χ4v) is 2.29. The van der Waals surface area contributed by atoms with E-state index in [1.165, 1.54) is 0 Å². The van der Waals surface area contributed by atoms with E-state index in [4.69, 9.17) is 10.00 Å². The van der Waals surface area contributed by atoms with Crippen LogP contribution in [0.4, 0.5) is 0 Å². The Kier molecular flexibility index (Phi) is 3.48. The largest absolute Gasteiger partial charge is 0.394 e. The maximum atomic E-state index is 9.51. The molecule has 2 rings (SSSR count). The molecule has 0 unspecified atom stereocenters. The zero-order valence-corrected chi connectivity index (χ0v) is 9.67. The summed E-state index contributed by atoms with van der Waals surface area (Å²) in [5.41, 5.74) is 0.0402. The topological polar surface area (TPSA) is 65.3 Å². The fraction of sp³-hybridized carbons (Fsp3) is 0.917. The van der Waals surface area contributed by atoms with Crippen LogP contribution in [0, 0.1) is 16.7 Å². The van der Waals surface area contributed by atoms with Gasteiger partial charge in [0.1, 0.15) is 0 Å². The number of aliphatic hydroxyl groups is 1. The van der Waals surface area contributed by atoms with E-state index >= 15 is 0 Å². The predicted molar refractivity (Wildman–Crippen MR) is 59.8 cm³/mol. The summed E-state index contributed by atoms with van der Waals surface area (Å²) in [5, 5.41) is 21.7. The number of hydrogen-bond acceptors (Lipinski definition) is 4. The molecule has 1 aliphatic carbocycles. The number of ether oxygens (including phenoxy) is 1. The molecule has 4 nitrogen and oxygen atoms in total. The van der Waals surface area contributed by atoms with E-state index in [0.717, 1.165) is 45.4 Å². The van der Waals surface area contributed by atoms with Gasteiger partial charge in [-0.3, -0.25) is 0 Å². The average molecular weight is 224 g/mol. The van der Waals surface area contributed by atoms with Crippen molar-refractivity contribution in [3.05, 3.63) is 0 Å². The van der Waals surface area contributed by atoms with Crippen LogP contribution in [0.2, 0.25) is 0 Å². The summed E-state index contributed by atoms with van der Waals surface area (Å²) in [6.45, 7) is 2.47. The molecule has 0 bridgehead atoms. The Morgan fingerprint density at radius 1 is 1.25 bits per heavy atom. The van der Waals surface area contributed by atoms with Gasteiger partial charge < -0.3 is 15.2 Å². The van der Waals surface area contributed by atoms with Crippen LogP contribution in [0.15, 0.2) is 0 Å². The Labute approximate surface area is 96.6 Å². The van der Waals surface area contributed by atoms with Crippen molar-refractivity contribution in [2.75, 3.05) is 26.4 Å². The first kappa shape index (κ1) is 11.8. The second kappa shape index (κ2) is 4.70. The lowest BCUT2D eigenvalue weighted by molar-refractivity contribution is 0.00981. The molecule has 0 aromatic rings. The van der Waals surface area contributed by atoms with Gasteiger partial charge in [-0.1, -0.05) is 0 Å². The van der Waals surface area contributed by atoms with Gasteiger partial charge in [-0.2, -0.15) is 5.26 Å². The molecular weight excluding hydrogens is 204 g/mol. The Morgan fingerprint density at radius 2 is 1.94 bits per heavy atom. The highest BCUT2D eigenvalue weighted by atomic mass is 16.5. The molecule has 1 heterocycles. The Bertz CT molecular complexity index is 275. The molecule has 0 radical (unpaired) electrons. The van der Waals surface area contributed by atoms with Gasteiger partial charge in [0.05, 0.1) is 12.7 Å². The van der Waals surface area contributed by atoms with Crippen molar-refractivity contribution in [1.82, 2.24) is 5.32 Å². The summed E-state index contributed by atoms with van der Waals surface area (Å²) in [6, 6.07) is 2.26. The number of nitriles is 1. The molecule has 1 aliphatic heterocycles. The second-order valence-electron chi connectivity index (χ2n) is 5.24. The molecule has 90 valence electrons. The average Bonchev–Trinajstić information content (AvgIpc) is 3.09. The summed E-state index contributed by atoms with van der Waals surface area (Å²) in [6.07, 6.45) is 4.66. The number of nitrogens with zero attached hydrogens (tertiary/aromatic N) is 1. The second-order valence-corrected chi connectivity index (χ2v) is 5.24. The first-order valence-electron chi connectivity index (χ1n) is 6.05. The highest BCUT2D eigenvalue weighted by molar-refractivity contribution is 5.03. The zero-order chi connectivity index (χ0) is 11.5. The number of hydrogen-bond donors (Lipinski definition) is 2. The van der Waals surface area contributed by atoms with Crippen molar-refractivity contribution in [2.45, 2.75) is 37.6 Å². The van der Waals surface area contributed by atoms with Crippen LogP contribution in [-0.4, -0.2) is 37.0 Å². The minimum atomic E-state index is -0.163. The van der Waals surface area contributed by atoms with Gasteiger partial charge in [-0.05, 0) is 31.1 Å². The summed E-state index contributed by atoms with van der Waals surface area (Å²) < 4.78 is 5.32. The van der Waals surface area contributed by atoms with E-state index in [1.54, 1.807) is 0 Å². The number of rotatable bonds is 5. The third-order valence-corrected chi connectivity index (χ3v) is 4.00. The van der Waals surface area contributed by atoms with Gasteiger partial charge in [0.25, 0.3) is 0 Å². The predicted octanol–water partition coefficient (Wildman–Crippen LogP) is 0.811. The monoisotopic (exact) mass is 224 g/mol. The third kappa shape index (κ3) is 2.54. The lowest BCUT2D eigenvalue weighted by Gasteiger charge is -2.37. The van der Waals surface area contributed by atoms with Crippen molar-refractivity contribution in [1.29, 1.82) is 5.26 Å². The van der Waals surface area contributed by atoms with Crippen molar-refractivity contribution in [2.24, 2.45) is 5.41 Å². The number of nitrogens with one attached hydrogen (secondary N) is 1. The molecule has 0 amide bonds. The Balaban J connectivity index is 1.85. The molecule has 2 fully saturated rings. The first-order chi connectivity index (χ1) is 7.74. The molecule has 4 heteroatoms. The van der Waals surface area contributed by atoms with Gasteiger partial charge in [0.2, 0.25) is 0 Å². The summed E-state index contributed by atoms with van der Waals surface area (Å²) >= 11 is 0. The van der Waals surface area contributed by atoms with Gasteiger partial charge in [-0.25, -0.2) is 0 Å². The number of aliphatic hydroxyl groups excluding tert-OH is 1. The normalized spacial score (nSPS) is 26.0. The van der Waals surface area contributed by atoms with E-state index in [-0.39, 0.29) is 17.6 Å².